The summed E-state index contributed by atoms with van der Waals surface area (Å²) < 4.78 is 5.89. The predicted octanol–water partition coefficient (Wildman–Crippen LogP) is 1.67. The largest absolute Gasteiger partial charge is 0.373 e. The van der Waals surface area contributed by atoms with Gasteiger partial charge in [0.1, 0.15) is 0 Å². The van der Waals surface area contributed by atoms with Crippen molar-refractivity contribution < 1.29 is 4.74 Å². The molecule has 100 valence electrons. The lowest BCUT2D eigenvalue weighted by Crippen LogP contribution is -2.47. The van der Waals surface area contributed by atoms with Gasteiger partial charge in [-0.15, -0.1) is 0 Å². The summed E-state index contributed by atoms with van der Waals surface area (Å²) in [7, 11) is 0. The molecule has 1 aliphatic rings. The second kappa shape index (κ2) is 6.88. The Kier molecular flexibility index (Phi) is 5.17. The zero-order valence-corrected chi connectivity index (χ0v) is 11.2. The first kappa shape index (κ1) is 13.5. The third-order valence-corrected chi connectivity index (χ3v) is 3.45. The number of morpholine rings is 1. The van der Waals surface area contributed by atoms with E-state index >= 15 is 0 Å². The predicted molar refractivity (Wildman–Crippen MR) is 74.6 cm³/mol. The van der Waals surface area contributed by atoms with Crippen LogP contribution in [0.4, 0.5) is 0 Å². The number of hydrogen-bond donors (Lipinski definition) is 1. The van der Waals surface area contributed by atoms with E-state index < -0.39 is 0 Å². The molecule has 2 atom stereocenters. The molecule has 0 radical (unpaired) electrons. The molecule has 0 spiro atoms. The average Bonchev–Trinajstić information content (AvgIpc) is 2.37. The first-order valence-corrected chi connectivity index (χ1v) is 6.89. The average molecular weight is 248 g/mol. The molecule has 1 heterocycles. The van der Waals surface area contributed by atoms with Gasteiger partial charge in [-0.05, 0) is 31.9 Å². The lowest BCUT2D eigenvalue weighted by molar-refractivity contribution is -0.0780. The van der Waals surface area contributed by atoms with Gasteiger partial charge in [-0.25, -0.2) is 0 Å². The molecule has 18 heavy (non-hydrogen) atoms. The van der Waals surface area contributed by atoms with Crippen LogP contribution >= 0.6 is 0 Å². The Balaban J connectivity index is 1.81. The van der Waals surface area contributed by atoms with Gasteiger partial charge in [-0.2, -0.15) is 0 Å². The highest BCUT2D eigenvalue weighted by Crippen LogP contribution is 2.14. The summed E-state index contributed by atoms with van der Waals surface area (Å²) in [6, 6.07) is 10.7. The second-order valence-corrected chi connectivity index (χ2v) is 5.14. The van der Waals surface area contributed by atoms with Crippen molar-refractivity contribution in [3.8, 4) is 0 Å². The van der Waals surface area contributed by atoms with E-state index in [4.69, 9.17) is 10.5 Å². The number of benzene rings is 1. The summed E-state index contributed by atoms with van der Waals surface area (Å²) in [6.45, 7) is 6.03. The van der Waals surface area contributed by atoms with Crippen LogP contribution in [0.25, 0.3) is 0 Å². The van der Waals surface area contributed by atoms with Crippen LogP contribution in [-0.4, -0.2) is 43.3 Å². The van der Waals surface area contributed by atoms with Crippen molar-refractivity contribution in [3.05, 3.63) is 35.9 Å². The Morgan fingerprint density at radius 1 is 1.28 bits per heavy atom. The Labute approximate surface area is 110 Å². The van der Waals surface area contributed by atoms with E-state index in [1.165, 1.54) is 5.56 Å². The molecule has 0 aliphatic carbocycles. The molecular weight excluding hydrogens is 224 g/mol. The molecule has 3 nitrogen and oxygen atoms in total. The molecule has 1 aromatic rings. The van der Waals surface area contributed by atoms with Gasteiger partial charge in [0, 0.05) is 19.6 Å². The van der Waals surface area contributed by atoms with Crippen molar-refractivity contribution in [1.29, 1.82) is 0 Å². The van der Waals surface area contributed by atoms with Crippen molar-refractivity contribution in [2.75, 3.05) is 26.2 Å². The van der Waals surface area contributed by atoms with Crippen molar-refractivity contribution in [2.45, 2.75) is 32.0 Å². The highest BCUT2D eigenvalue weighted by atomic mass is 16.5. The van der Waals surface area contributed by atoms with Crippen LogP contribution in [0.5, 0.6) is 0 Å². The maximum Gasteiger partial charge on any atom is 0.0718 e. The lowest BCUT2D eigenvalue weighted by atomic mass is 10.1. The number of hydrogen-bond acceptors (Lipinski definition) is 3. The molecule has 2 N–H and O–H groups in total. The van der Waals surface area contributed by atoms with Gasteiger partial charge in [0.25, 0.3) is 0 Å². The van der Waals surface area contributed by atoms with E-state index in [1.54, 1.807) is 0 Å². The minimum Gasteiger partial charge on any atom is -0.373 e. The molecule has 3 heteroatoms. The van der Waals surface area contributed by atoms with Crippen molar-refractivity contribution in [2.24, 2.45) is 5.73 Å². The smallest absolute Gasteiger partial charge is 0.0718 e. The summed E-state index contributed by atoms with van der Waals surface area (Å²) in [5.74, 6) is 0. The lowest BCUT2D eigenvalue weighted by Gasteiger charge is -2.36. The van der Waals surface area contributed by atoms with Gasteiger partial charge in [0.2, 0.25) is 0 Å². The molecular formula is C15H24N2O. The van der Waals surface area contributed by atoms with Gasteiger partial charge >= 0.3 is 0 Å². The quantitative estimate of drug-likeness (QED) is 0.861. The standard InChI is InChI=1S/C15H24N2O/c1-13-11-17(12-15(18-13)7-9-16)10-8-14-5-3-2-4-6-14/h2-6,13,15H,7-12,16H2,1H3. The van der Waals surface area contributed by atoms with Crippen molar-refractivity contribution in [3.63, 3.8) is 0 Å². The molecule has 1 saturated heterocycles. The molecule has 0 saturated carbocycles. The molecule has 1 aliphatic heterocycles. The van der Waals surface area contributed by atoms with E-state index in [1.807, 2.05) is 0 Å². The Morgan fingerprint density at radius 2 is 2.06 bits per heavy atom. The van der Waals surface area contributed by atoms with Gasteiger partial charge in [0.05, 0.1) is 12.2 Å². The monoisotopic (exact) mass is 248 g/mol. The molecule has 1 fully saturated rings. The zero-order chi connectivity index (χ0) is 12.8. The molecule has 0 amide bonds. The van der Waals surface area contributed by atoms with Gasteiger partial charge < -0.3 is 10.5 Å². The van der Waals surface area contributed by atoms with E-state index in [9.17, 15) is 0 Å². The van der Waals surface area contributed by atoms with Crippen LogP contribution in [0.2, 0.25) is 0 Å². The van der Waals surface area contributed by atoms with Crippen LogP contribution in [0.15, 0.2) is 30.3 Å². The van der Waals surface area contributed by atoms with Crippen molar-refractivity contribution >= 4 is 0 Å². The number of nitrogens with zero attached hydrogens (tertiary/aromatic N) is 1. The zero-order valence-electron chi connectivity index (χ0n) is 11.2. The normalized spacial score (nSPS) is 25.2. The summed E-state index contributed by atoms with van der Waals surface area (Å²) >= 11 is 0. The Hall–Kier alpha value is -0.900. The third-order valence-electron chi connectivity index (χ3n) is 3.45. The van der Waals surface area contributed by atoms with Crippen LogP contribution in [0.1, 0.15) is 18.9 Å². The fourth-order valence-electron chi connectivity index (χ4n) is 2.60. The number of rotatable bonds is 5. The molecule has 0 bridgehead atoms. The Morgan fingerprint density at radius 3 is 2.78 bits per heavy atom. The molecule has 0 aromatic heterocycles. The fraction of sp³-hybridized carbons (Fsp3) is 0.600. The van der Waals surface area contributed by atoms with Crippen LogP contribution in [0, 0.1) is 0 Å². The maximum absolute atomic E-state index is 5.89. The topological polar surface area (TPSA) is 38.5 Å². The van der Waals surface area contributed by atoms with E-state index in [2.05, 4.69) is 42.2 Å². The van der Waals surface area contributed by atoms with Crippen LogP contribution in [-0.2, 0) is 11.2 Å². The third kappa shape index (κ3) is 4.09. The summed E-state index contributed by atoms with van der Waals surface area (Å²) in [4.78, 5) is 2.50. The first-order valence-electron chi connectivity index (χ1n) is 6.89. The highest BCUT2D eigenvalue weighted by Gasteiger charge is 2.24. The molecule has 2 rings (SSSR count). The number of ether oxygens (including phenoxy) is 1. The molecule has 1 aromatic carbocycles. The Bertz CT molecular complexity index is 342. The summed E-state index contributed by atoms with van der Waals surface area (Å²) in [5, 5.41) is 0. The van der Waals surface area contributed by atoms with Gasteiger partial charge in [-0.1, -0.05) is 30.3 Å². The number of nitrogens with two attached hydrogens (primary N) is 1. The van der Waals surface area contributed by atoms with Crippen LogP contribution < -0.4 is 5.73 Å². The summed E-state index contributed by atoms with van der Waals surface area (Å²) in [5.41, 5.74) is 7.03. The van der Waals surface area contributed by atoms with Crippen LogP contribution in [0.3, 0.4) is 0 Å². The minimum absolute atomic E-state index is 0.314. The fourth-order valence-corrected chi connectivity index (χ4v) is 2.60. The SMILES string of the molecule is CC1CN(CCc2ccccc2)CC(CCN)O1. The second-order valence-electron chi connectivity index (χ2n) is 5.14. The van der Waals surface area contributed by atoms with E-state index in [0.717, 1.165) is 32.5 Å². The van der Waals surface area contributed by atoms with E-state index in [-0.39, 0.29) is 0 Å². The molecule has 2 unspecified atom stereocenters. The van der Waals surface area contributed by atoms with E-state index in [0.29, 0.717) is 18.8 Å². The van der Waals surface area contributed by atoms with Gasteiger partial charge in [-0.3, -0.25) is 4.90 Å². The summed E-state index contributed by atoms with van der Waals surface area (Å²) in [6.07, 6.45) is 2.72. The van der Waals surface area contributed by atoms with Gasteiger partial charge in [0.15, 0.2) is 0 Å². The highest BCUT2D eigenvalue weighted by molar-refractivity contribution is 5.14. The van der Waals surface area contributed by atoms with Crippen molar-refractivity contribution in [1.82, 2.24) is 4.90 Å². The maximum atomic E-state index is 5.89. The minimum atomic E-state index is 0.314. The first-order chi connectivity index (χ1) is 8.78.